The maximum atomic E-state index is 13.1. The fraction of sp³-hybridized carbons (Fsp3) is 0.333. The molecule has 118 valence electrons. The van der Waals surface area contributed by atoms with E-state index in [4.69, 9.17) is 5.73 Å². The van der Waals surface area contributed by atoms with Gasteiger partial charge in [-0.05, 0) is 32.0 Å². The molecule has 2 rings (SSSR count). The van der Waals surface area contributed by atoms with E-state index < -0.39 is 24.9 Å². The van der Waals surface area contributed by atoms with Crippen LogP contribution in [0.25, 0.3) is 5.82 Å². The number of carbonyl (C=O) groups excluding carboxylic acids is 1. The molecule has 0 spiro atoms. The maximum Gasteiger partial charge on any atom is 0.277 e. The van der Waals surface area contributed by atoms with Crippen LogP contribution in [0.4, 0.5) is 8.78 Å². The Hall–Kier alpha value is -2.28. The Balaban J connectivity index is 2.25. The average Bonchev–Trinajstić information content (AvgIpc) is 2.81. The van der Waals surface area contributed by atoms with Crippen LogP contribution in [0.5, 0.6) is 0 Å². The van der Waals surface area contributed by atoms with Crippen LogP contribution in [0.2, 0.25) is 0 Å². The van der Waals surface area contributed by atoms with Crippen molar-refractivity contribution in [2.45, 2.75) is 19.8 Å². The lowest BCUT2D eigenvalue weighted by atomic mass is 10.2. The van der Waals surface area contributed by atoms with Crippen LogP contribution in [0.15, 0.2) is 30.5 Å². The van der Waals surface area contributed by atoms with Crippen molar-refractivity contribution < 1.29 is 13.6 Å². The molecule has 2 aromatic rings. The van der Waals surface area contributed by atoms with Gasteiger partial charge in [0, 0.05) is 17.6 Å². The number of halogens is 2. The molecule has 0 aliphatic rings. The Morgan fingerprint density at radius 2 is 2.14 bits per heavy atom. The third-order valence-corrected chi connectivity index (χ3v) is 3.36. The minimum Gasteiger partial charge on any atom is -0.346 e. The molecule has 3 N–H and O–H groups in total. The fourth-order valence-corrected chi connectivity index (χ4v) is 2.21. The van der Waals surface area contributed by atoms with Crippen LogP contribution in [0.3, 0.4) is 0 Å². The van der Waals surface area contributed by atoms with E-state index in [-0.39, 0.29) is 0 Å². The van der Waals surface area contributed by atoms with Crippen LogP contribution in [-0.4, -0.2) is 34.5 Å². The topological polar surface area (TPSA) is 72.9 Å². The van der Waals surface area contributed by atoms with Gasteiger partial charge in [-0.1, -0.05) is 6.07 Å². The molecule has 0 fully saturated rings. The predicted molar refractivity (Wildman–Crippen MR) is 79.4 cm³/mol. The van der Waals surface area contributed by atoms with Gasteiger partial charge >= 0.3 is 0 Å². The number of aryl methyl sites for hydroxylation is 1. The molecular weight excluding hydrogens is 290 g/mol. The van der Waals surface area contributed by atoms with Crippen LogP contribution in [0, 0.1) is 13.8 Å². The molecule has 0 saturated carbocycles. The summed E-state index contributed by atoms with van der Waals surface area (Å²) in [5, 5.41) is 2.22. The van der Waals surface area contributed by atoms with Gasteiger partial charge in [-0.2, -0.15) is 0 Å². The summed E-state index contributed by atoms with van der Waals surface area (Å²) in [5.41, 5.74) is 6.74. The third-order valence-electron chi connectivity index (χ3n) is 3.36. The minimum atomic E-state index is -3.11. The summed E-state index contributed by atoms with van der Waals surface area (Å²) < 4.78 is 28.0. The van der Waals surface area contributed by atoms with E-state index in [1.807, 2.05) is 19.1 Å². The number of hydrogen-bond donors (Lipinski definition) is 2. The lowest BCUT2D eigenvalue weighted by Crippen LogP contribution is -2.41. The molecule has 0 atom stereocenters. The molecule has 2 aromatic heterocycles. The molecular formula is C15H18F2N4O. The van der Waals surface area contributed by atoms with Crippen LogP contribution in [-0.2, 0) is 0 Å². The van der Waals surface area contributed by atoms with Gasteiger partial charge < -0.3 is 15.6 Å². The van der Waals surface area contributed by atoms with Crippen molar-refractivity contribution in [3.63, 3.8) is 0 Å². The predicted octanol–water partition coefficient (Wildman–Crippen LogP) is 1.81. The smallest absolute Gasteiger partial charge is 0.277 e. The van der Waals surface area contributed by atoms with E-state index in [0.717, 1.165) is 5.69 Å². The Bertz CT molecular complexity index is 668. The highest BCUT2D eigenvalue weighted by atomic mass is 19.3. The standard InChI is InChI=1S/C15H18F2N4O/c1-10-7-12(14(22)20-9-15(16,17)8-18)11(2)21(10)13-5-3-4-6-19-13/h3-7H,8-9,18H2,1-2H3,(H,20,22). The molecule has 0 saturated heterocycles. The van der Waals surface area contributed by atoms with Crippen LogP contribution in [0.1, 0.15) is 21.7 Å². The number of aromatic nitrogens is 2. The van der Waals surface area contributed by atoms with E-state index >= 15 is 0 Å². The first-order valence-electron chi connectivity index (χ1n) is 6.82. The second-order valence-corrected chi connectivity index (χ2v) is 5.05. The first-order chi connectivity index (χ1) is 10.4. The molecule has 0 unspecified atom stereocenters. The zero-order chi connectivity index (χ0) is 16.3. The van der Waals surface area contributed by atoms with E-state index in [1.54, 1.807) is 29.8 Å². The number of rotatable bonds is 5. The lowest BCUT2D eigenvalue weighted by Gasteiger charge is -2.14. The maximum absolute atomic E-state index is 13.1. The quantitative estimate of drug-likeness (QED) is 0.885. The number of amides is 1. The number of nitrogens with zero attached hydrogens (tertiary/aromatic N) is 2. The number of nitrogens with one attached hydrogen (secondary N) is 1. The summed E-state index contributed by atoms with van der Waals surface area (Å²) in [6.45, 7) is 1.99. The molecule has 0 aromatic carbocycles. The van der Waals surface area contributed by atoms with E-state index in [1.165, 1.54) is 0 Å². The molecule has 0 radical (unpaired) electrons. The Labute approximate surface area is 127 Å². The molecule has 22 heavy (non-hydrogen) atoms. The third kappa shape index (κ3) is 3.30. The number of nitrogens with two attached hydrogens (primary N) is 1. The van der Waals surface area contributed by atoms with E-state index in [0.29, 0.717) is 17.1 Å². The second-order valence-electron chi connectivity index (χ2n) is 5.05. The highest BCUT2D eigenvalue weighted by Gasteiger charge is 2.28. The Morgan fingerprint density at radius 1 is 1.41 bits per heavy atom. The number of carbonyl (C=O) groups is 1. The van der Waals surface area contributed by atoms with Gasteiger partial charge in [0.05, 0.1) is 18.7 Å². The summed E-state index contributed by atoms with van der Waals surface area (Å²) >= 11 is 0. The minimum absolute atomic E-state index is 0.343. The van der Waals surface area contributed by atoms with Gasteiger partial charge in [-0.25, -0.2) is 13.8 Å². The van der Waals surface area contributed by atoms with E-state index in [9.17, 15) is 13.6 Å². The average molecular weight is 308 g/mol. The first-order valence-corrected chi connectivity index (χ1v) is 6.82. The van der Waals surface area contributed by atoms with Gasteiger partial charge in [0.15, 0.2) is 0 Å². The Kier molecular flexibility index (Phi) is 4.56. The van der Waals surface area contributed by atoms with Crippen molar-refractivity contribution >= 4 is 5.91 Å². The molecule has 0 aliphatic carbocycles. The molecule has 0 bridgehead atoms. The fourth-order valence-electron chi connectivity index (χ4n) is 2.21. The summed E-state index contributed by atoms with van der Waals surface area (Å²) in [6.07, 6.45) is 1.65. The summed E-state index contributed by atoms with van der Waals surface area (Å²) in [6, 6.07) is 7.09. The largest absolute Gasteiger partial charge is 0.346 e. The van der Waals surface area contributed by atoms with Gasteiger partial charge in [0.1, 0.15) is 5.82 Å². The van der Waals surface area contributed by atoms with Gasteiger partial charge in [-0.3, -0.25) is 4.79 Å². The van der Waals surface area contributed by atoms with Crippen molar-refractivity contribution in [3.8, 4) is 5.82 Å². The van der Waals surface area contributed by atoms with Crippen molar-refractivity contribution in [1.82, 2.24) is 14.9 Å². The van der Waals surface area contributed by atoms with Crippen molar-refractivity contribution in [1.29, 1.82) is 0 Å². The monoisotopic (exact) mass is 308 g/mol. The normalized spacial score (nSPS) is 11.5. The highest BCUT2D eigenvalue weighted by Crippen LogP contribution is 2.19. The highest BCUT2D eigenvalue weighted by molar-refractivity contribution is 5.95. The zero-order valence-corrected chi connectivity index (χ0v) is 12.4. The first kappa shape index (κ1) is 16.1. The molecule has 1 amide bonds. The van der Waals surface area contributed by atoms with Gasteiger partial charge in [0.2, 0.25) is 0 Å². The Morgan fingerprint density at radius 3 is 2.73 bits per heavy atom. The number of hydrogen-bond acceptors (Lipinski definition) is 3. The molecule has 0 aliphatic heterocycles. The van der Waals surface area contributed by atoms with Crippen molar-refractivity contribution in [3.05, 3.63) is 47.4 Å². The second kappa shape index (κ2) is 6.23. The van der Waals surface area contributed by atoms with Crippen molar-refractivity contribution in [2.24, 2.45) is 5.73 Å². The summed E-state index contributed by atoms with van der Waals surface area (Å²) in [5.74, 6) is -2.99. The van der Waals surface area contributed by atoms with Gasteiger partial charge in [-0.15, -0.1) is 0 Å². The molecule has 2 heterocycles. The van der Waals surface area contributed by atoms with E-state index in [2.05, 4.69) is 10.3 Å². The lowest BCUT2D eigenvalue weighted by molar-refractivity contribution is 0.0118. The van der Waals surface area contributed by atoms with Crippen LogP contribution >= 0.6 is 0 Å². The summed E-state index contributed by atoms with van der Waals surface area (Å²) in [4.78, 5) is 16.3. The number of pyridine rings is 1. The SMILES string of the molecule is Cc1cc(C(=O)NCC(F)(F)CN)c(C)n1-c1ccccn1. The number of alkyl halides is 2. The zero-order valence-electron chi connectivity index (χ0n) is 12.4. The van der Waals surface area contributed by atoms with Crippen LogP contribution < -0.4 is 11.1 Å². The molecule has 5 nitrogen and oxygen atoms in total. The summed E-state index contributed by atoms with van der Waals surface area (Å²) in [7, 11) is 0. The van der Waals surface area contributed by atoms with Gasteiger partial charge in [0.25, 0.3) is 11.8 Å². The molecule has 7 heteroatoms. The van der Waals surface area contributed by atoms with Crippen molar-refractivity contribution in [2.75, 3.05) is 13.1 Å².